The Kier molecular flexibility index (Phi) is 7.00. The van der Waals surface area contributed by atoms with Gasteiger partial charge in [0.05, 0.1) is 5.56 Å². The molecule has 0 aliphatic heterocycles. The van der Waals surface area contributed by atoms with Gasteiger partial charge in [0, 0.05) is 50.0 Å². The molecule has 2 N–H and O–H groups in total. The first-order chi connectivity index (χ1) is 14.5. The highest BCUT2D eigenvalue weighted by Crippen LogP contribution is 2.20. The van der Waals surface area contributed by atoms with Crippen LogP contribution in [0, 0.1) is 0 Å². The van der Waals surface area contributed by atoms with E-state index in [9.17, 15) is 9.59 Å². The highest BCUT2D eigenvalue weighted by Gasteiger charge is 2.12. The summed E-state index contributed by atoms with van der Waals surface area (Å²) in [7, 11) is 3.80. The van der Waals surface area contributed by atoms with Crippen molar-refractivity contribution >= 4 is 23.4 Å². The number of nitrogens with one attached hydrogen (secondary N) is 2. The number of pyridine rings is 1. The van der Waals surface area contributed by atoms with Crippen LogP contribution in [0.15, 0.2) is 73.1 Å². The standard InChI is InChI=1S/C23H24N4O3/c1-27(2)21-8-4-3-7-20(21)22(28)26-19-11-9-17(10-12-19)15-25-23(29)30-16-18-6-5-13-24-14-18/h3-14H,15-16H2,1-2H3,(H,25,29)(H,26,28). The molecule has 0 unspecified atom stereocenters. The molecule has 0 saturated carbocycles. The van der Waals surface area contributed by atoms with Gasteiger partial charge in [0.15, 0.2) is 0 Å². The van der Waals surface area contributed by atoms with Crippen molar-refractivity contribution in [1.82, 2.24) is 10.3 Å². The van der Waals surface area contributed by atoms with E-state index < -0.39 is 6.09 Å². The molecule has 0 aliphatic rings. The van der Waals surface area contributed by atoms with Gasteiger partial charge < -0.3 is 20.3 Å². The van der Waals surface area contributed by atoms with Crippen LogP contribution in [0.2, 0.25) is 0 Å². The Labute approximate surface area is 175 Å². The summed E-state index contributed by atoms with van der Waals surface area (Å²) in [5.41, 5.74) is 3.84. The van der Waals surface area contributed by atoms with Gasteiger partial charge in [0.1, 0.15) is 6.61 Å². The van der Waals surface area contributed by atoms with Crippen LogP contribution < -0.4 is 15.5 Å². The van der Waals surface area contributed by atoms with Crippen LogP contribution >= 0.6 is 0 Å². The molecule has 0 spiro atoms. The molecule has 7 heteroatoms. The topological polar surface area (TPSA) is 83.6 Å². The maximum absolute atomic E-state index is 12.6. The first kappa shape index (κ1) is 20.9. The molecule has 3 rings (SSSR count). The lowest BCUT2D eigenvalue weighted by Gasteiger charge is -2.17. The number of ether oxygens (including phenoxy) is 1. The van der Waals surface area contributed by atoms with Crippen molar-refractivity contribution < 1.29 is 14.3 Å². The number of nitrogens with zero attached hydrogens (tertiary/aromatic N) is 2. The van der Waals surface area contributed by atoms with Gasteiger partial charge in [-0.3, -0.25) is 9.78 Å². The quantitative estimate of drug-likeness (QED) is 0.625. The van der Waals surface area contributed by atoms with Crippen molar-refractivity contribution in [3.63, 3.8) is 0 Å². The summed E-state index contributed by atoms with van der Waals surface area (Å²) in [5, 5.41) is 5.60. The molecule has 0 atom stereocenters. The molecule has 30 heavy (non-hydrogen) atoms. The number of carbonyl (C=O) groups excluding carboxylic acids is 2. The number of anilines is 2. The van der Waals surface area contributed by atoms with E-state index in [4.69, 9.17) is 4.74 Å². The number of hydrogen-bond donors (Lipinski definition) is 2. The van der Waals surface area contributed by atoms with Crippen LogP contribution in [0.25, 0.3) is 0 Å². The maximum atomic E-state index is 12.6. The molecule has 1 aromatic heterocycles. The first-order valence-corrected chi connectivity index (χ1v) is 9.49. The molecule has 1 heterocycles. The maximum Gasteiger partial charge on any atom is 0.407 e. The average Bonchev–Trinajstić information content (AvgIpc) is 2.78. The Morgan fingerprint density at radius 3 is 2.43 bits per heavy atom. The normalized spacial score (nSPS) is 10.2. The van der Waals surface area contributed by atoms with Crippen LogP contribution in [0.1, 0.15) is 21.5 Å². The third-order valence-corrected chi connectivity index (χ3v) is 4.37. The minimum absolute atomic E-state index is 0.166. The Balaban J connectivity index is 1.50. The smallest absolute Gasteiger partial charge is 0.407 e. The molecule has 0 bridgehead atoms. The van der Waals surface area contributed by atoms with Gasteiger partial charge in [0.2, 0.25) is 0 Å². The number of carbonyl (C=O) groups is 2. The van der Waals surface area contributed by atoms with Crippen LogP contribution in [-0.2, 0) is 17.9 Å². The average molecular weight is 404 g/mol. The molecular weight excluding hydrogens is 380 g/mol. The third kappa shape index (κ3) is 5.81. The number of hydrogen-bond acceptors (Lipinski definition) is 5. The van der Waals surface area contributed by atoms with Crippen molar-refractivity contribution in [3.8, 4) is 0 Å². The summed E-state index contributed by atoms with van der Waals surface area (Å²) in [6.45, 7) is 0.489. The van der Waals surface area contributed by atoms with E-state index in [1.165, 1.54) is 0 Å². The predicted octanol–water partition coefficient (Wildman–Crippen LogP) is 3.83. The highest BCUT2D eigenvalue weighted by atomic mass is 16.5. The number of aromatic nitrogens is 1. The van der Waals surface area contributed by atoms with E-state index in [1.54, 1.807) is 36.7 Å². The second kappa shape index (κ2) is 10.1. The Hall–Kier alpha value is -3.87. The fourth-order valence-electron chi connectivity index (χ4n) is 2.82. The Morgan fingerprint density at radius 2 is 1.73 bits per heavy atom. The van der Waals surface area contributed by atoms with E-state index in [0.717, 1.165) is 16.8 Å². The van der Waals surface area contributed by atoms with Crippen LogP contribution in [0.5, 0.6) is 0 Å². The molecule has 0 aliphatic carbocycles. The second-order valence-corrected chi connectivity index (χ2v) is 6.85. The largest absolute Gasteiger partial charge is 0.445 e. The molecule has 0 radical (unpaired) electrons. The molecule has 3 aromatic rings. The van der Waals surface area contributed by atoms with Crippen LogP contribution in [0.4, 0.5) is 16.2 Å². The Morgan fingerprint density at radius 1 is 0.967 bits per heavy atom. The van der Waals surface area contributed by atoms with E-state index in [-0.39, 0.29) is 12.5 Å². The summed E-state index contributed by atoms with van der Waals surface area (Å²) in [6, 6.07) is 18.3. The van der Waals surface area contributed by atoms with Gasteiger partial charge in [-0.2, -0.15) is 0 Å². The van der Waals surface area contributed by atoms with Crippen LogP contribution in [0.3, 0.4) is 0 Å². The predicted molar refractivity (Wildman–Crippen MR) is 116 cm³/mol. The molecule has 154 valence electrons. The monoisotopic (exact) mass is 404 g/mol. The van der Waals surface area contributed by atoms with Gasteiger partial charge in [-0.1, -0.05) is 30.3 Å². The fraction of sp³-hybridized carbons (Fsp3) is 0.174. The number of amides is 2. The molecule has 0 fully saturated rings. The summed E-state index contributed by atoms with van der Waals surface area (Å²) >= 11 is 0. The molecular formula is C23H24N4O3. The molecule has 2 aromatic carbocycles. The molecule has 7 nitrogen and oxygen atoms in total. The summed E-state index contributed by atoms with van der Waals surface area (Å²) < 4.78 is 5.15. The lowest BCUT2D eigenvalue weighted by molar-refractivity contribution is 0.102. The van der Waals surface area contributed by atoms with Gasteiger partial charge in [-0.15, -0.1) is 0 Å². The van der Waals surface area contributed by atoms with Crippen molar-refractivity contribution in [2.75, 3.05) is 24.3 Å². The zero-order valence-electron chi connectivity index (χ0n) is 17.0. The summed E-state index contributed by atoms with van der Waals surface area (Å²) in [6.07, 6.45) is 2.81. The van der Waals surface area contributed by atoms with Gasteiger partial charge >= 0.3 is 6.09 Å². The number of alkyl carbamates (subject to hydrolysis) is 1. The van der Waals surface area contributed by atoms with E-state index in [0.29, 0.717) is 17.8 Å². The van der Waals surface area contributed by atoms with Gasteiger partial charge in [-0.25, -0.2) is 4.79 Å². The Bertz CT molecular complexity index is 989. The fourth-order valence-corrected chi connectivity index (χ4v) is 2.82. The van der Waals surface area contributed by atoms with Crippen molar-refractivity contribution in [1.29, 1.82) is 0 Å². The minimum atomic E-state index is -0.503. The lowest BCUT2D eigenvalue weighted by Crippen LogP contribution is -2.23. The van der Waals surface area contributed by atoms with Gasteiger partial charge in [0.25, 0.3) is 5.91 Å². The SMILES string of the molecule is CN(C)c1ccccc1C(=O)Nc1ccc(CNC(=O)OCc2cccnc2)cc1. The highest BCUT2D eigenvalue weighted by molar-refractivity contribution is 6.08. The summed E-state index contributed by atoms with van der Waals surface area (Å²) in [4.78, 5) is 30.3. The van der Waals surface area contributed by atoms with Crippen molar-refractivity contribution in [3.05, 3.63) is 89.7 Å². The second-order valence-electron chi connectivity index (χ2n) is 6.85. The first-order valence-electron chi connectivity index (χ1n) is 9.49. The number of rotatable bonds is 7. The van der Waals surface area contributed by atoms with Crippen molar-refractivity contribution in [2.45, 2.75) is 13.2 Å². The zero-order chi connectivity index (χ0) is 21.3. The molecule has 2 amide bonds. The minimum Gasteiger partial charge on any atom is -0.445 e. The lowest BCUT2D eigenvalue weighted by atomic mass is 10.1. The number of benzene rings is 2. The van der Waals surface area contributed by atoms with E-state index in [1.807, 2.05) is 55.4 Å². The van der Waals surface area contributed by atoms with Crippen molar-refractivity contribution in [2.24, 2.45) is 0 Å². The van der Waals surface area contributed by atoms with Crippen LogP contribution in [-0.4, -0.2) is 31.1 Å². The zero-order valence-corrected chi connectivity index (χ0v) is 17.0. The van der Waals surface area contributed by atoms with Gasteiger partial charge in [-0.05, 0) is 35.9 Å². The number of para-hydroxylation sites is 1. The summed E-state index contributed by atoms with van der Waals surface area (Å²) in [5.74, 6) is -0.177. The van der Waals surface area contributed by atoms with E-state index in [2.05, 4.69) is 15.6 Å². The van der Waals surface area contributed by atoms with E-state index >= 15 is 0 Å². The molecule has 0 saturated heterocycles. The third-order valence-electron chi connectivity index (χ3n) is 4.37.